The number of nitrogens with two attached hydrogens (primary N) is 1. The van der Waals surface area contributed by atoms with Crippen molar-refractivity contribution in [2.24, 2.45) is 17.6 Å². The SMILES string of the molecule is CC(C)C[C@H](NC(=O)C1CCCC1)C(=O)N[C@@H](Cc1c[nH]c2ccccc12)P(=O)(O)O.NC1CCCCC1. The van der Waals surface area contributed by atoms with E-state index in [0.29, 0.717) is 18.0 Å². The number of nitrogens with one attached hydrogen (secondary N) is 3. The van der Waals surface area contributed by atoms with Gasteiger partial charge in [-0.1, -0.05) is 64.2 Å². The fourth-order valence-corrected chi connectivity index (χ4v) is 6.07. The first kappa shape index (κ1) is 30.4. The van der Waals surface area contributed by atoms with Gasteiger partial charge in [0, 0.05) is 35.5 Å². The number of benzene rings is 1. The highest BCUT2D eigenvalue weighted by atomic mass is 31.2. The number of carbonyl (C=O) groups is 2. The van der Waals surface area contributed by atoms with Crippen LogP contribution < -0.4 is 16.4 Å². The lowest BCUT2D eigenvalue weighted by Gasteiger charge is -2.26. The second kappa shape index (κ2) is 14.3. The van der Waals surface area contributed by atoms with Gasteiger partial charge in [0.2, 0.25) is 11.8 Å². The van der Waals surface area contributed by atoms with E-state index in [0.717, 1.165) is 36.6 Å². The molecule has 0 radical (unpaired) electrons. The van der Waals surface area contributed by atoms with Crippen molar-refractivity contribution in [2.45, 2.75) is 102 Å². The van der Waals surface area contributed by atoms with Gasteiger partial charge in [-0.15, -0.1) is 0 Å². The van der Waals surface area contributed by atoms with Crippen LogP contribution in [0.4, 0.5) is 0 Å². The largest absolute Gasteiger partial charge is 0.361 e. The molecule has 1 aromatic carbocycles. The predicted molar refractivity (Wildman–Crippen MR) is 150 cm³/mol. The number of fused-ring (bicyclic) bond motifs is 1. The molecule has 0 aliphatic heterocycles. The molecule has 9 nitrogen and oxygen atoms in total. The van der Waals surface area contributed by atoms with Gasteiger partial charge in [0.15, 0.2) is 0 Å². The summed E-state index contributed by atoms with van der Waals surface area (Å²) in [5.74, 6) is -2.05. The van der Waals surface area contributed by atoms with E-state index in [9.17, 15) is 23.9 Å². The van der Waals surface area contributed by atoms with Crippen LogP contribution >= 0.6 is 7.60 Å². The van der Waals surface area contributed by atoms with Gasteiger partial charge in [0.05, 0.1) is 0 Å². The van der Waals surface area contributed by atoms with Gasteiger partial charge >= 0.3 is 7.60 Å². The number of rotatable bonds is 9. The maximum atomic E-state index is 13.0. The molecule has 2 aliphatic rings. The summed E-state index contributed by atoms with van der Waals surface area (Å²) in [7, 11) is -4.64. The zero-order chi connectivity index (χ0) is 27.7. The molecule has 1 aromatic heterocycles. The third-order valence-corrected chi connectivity index (χ3v) is 8.64. The molecule has 2 fully saturated rings. The highest BCUT2D eigenvalue weighted by Gasteiger charge is 2.35. The van der Waals surface area contributed by atoms with E-state index >= 15 is 0 Å². The Bertz CT molecular complexity index is 1090. The highest BCUT2D eigenvalue weighted by Crippen LogP contribution is 2.42. The first-order valence-electron chi connectivity index (χ1n) is 14.0. The van der Waals surface area contributed by atoms with Crippen LogP contribution in [0.3, 0.4) is 0 Å². The zero-order valence-electron chi connectivity index (χ0n) is 22.7. The standard InChI is InChI=1S/C22H32N3O5P.C6H13N/c1-14(2)11-19(24-21(26)15-7-3-4-8-15)22(27)25-20(31(28,29)30)12-16-13-23-18-10-6-5-9-17(16)18;7-6-4-2-1-3-5-6/h5-6,9-10,13-15,19-20,23H,3-4,7-8,11-12H2,1-2H3,(H,24,26)(H,25,27)(H2,28,29,30);6H,1-5,7H2/t19-,20+;/m0./s1. The van der Waals surface area contributed by atoms with E-state index in [1.165, 1.54) is 32.1 Å². The maximum absolute atomic E-state index is 13.0. The molecule has 4 rings (SSSR count). The molecular weight excluding hydrogens is 503 g/mol. The minimum atomic E-state index is -4.64. The summed E-state index contributed by atoms with van der Waals surface area (Å²) in [5.41, 5.74) is 7.20. The van der Waals surface area contributed by atoms with Crippen molar-refractivity contribution in [1.29, 1.82) is 0 Å². The Kier molecular flexibility index (Phi) is 11.4. The molecular formula is C28H45N4O5P. The summed E-state index contributed by atoms with van der Waals surface area (Å²) in [5, 5.41) is 6.21. The van der Waals surface area contributed by atoms with Gasteiger partial charge in [-0.2, -0.15) is 0 Å². The molecule has 2 aromatic rings. The van der Waals surface area contributed by atoms with E-state index in [4.69, 9.17) is 5.73 Å². The molecule has 2 atom stereocenters. The van der Waals surface area contributed by atoms with E-state index < -0.39 is 25.3 Å². The van der Waals surface area contributed by atoms with Crippen LogP contribution in [0.25, 0.3) is 10.9 Å². The van der Waals surface area contributed by atoms with Crippen LogP contribution in [0.15, 0.2) is 30.5 Å². The van der Waals surface area contributed by atoms with Crippen molar-refractivity contribution >= 4 is 30.3 Å². The molecule has 38 heavy (non-hydrogen) atoms. The first-order chi connectivity index (χ1) is 18.0. The molecule has 2 amide bonds. The Balaban J connectivity index is 0.000000494. The zero-order valence-corrected chi connectivity index (χ0v) is 23.6. The summed E-state index contributed by atoms with van der Waals surface area (Å²) in [6.45, 7) is 3.88. The number of aromatic amines is 1. The van der Waals surface area contributed by atoms with Gasteiger partial charge in [-0.3, -0.25) is 14.2 Å². The summed E-state index contributed by atoms with van der Waals surface area (Å²) in [6.07, 6.45) is 12.4. The van der Waals surface area contributed by atoms with Crippen molar-refractivity contribution in [3.05, 3.63) is 36.0 Å². The van der Waals surface area contributed by atoms with Crippen LogP contribution in [0.5, 0.6) is 0 Å². The van der Waals surface area contributed by atoms with Crippen LogP contribution in [0.2, 0.25) is 0 Å². The molecule has 0 unspecified atom stereocenters. The molecule has 0 saturated heterocycles. The number of H-pyrrole nitrogens is 1. The second-order valence-electron chi connectivity index (χ2n) is 11.2. The van der Waals surface area contributed by atoms with Gasteiger partial charge in [-0.25, -0.2) is 0 Å². The van der Waals surface area contributed by atoms with Crippen molar-refractivity contribution < 1.29 is 23.9 Å². The number of carbonyl (C=O) groups excluding carboxylic acids is 2. The summed E-state index contributed by atoms with van der Waals surface area (Å²) in [4.78, 5) is 48.5. The average molecular weight is 549 g/mol. The Morgan fingerprint density at radius 1 is 1.03 bits per heavy atom. The molecule has 7 N–H and O–H groups in total. The third-order valence-electron chi connectivity index (χ3n) is 7.52. The highest BCUT2D eigenvalue weighted by molar-refractivity contribution is 7.52. The molecule has 0 spiro atoms. The summed E-state index contributed by atoms with van der Waals surface area (Å²) in [6, 6.07) is 7.17. The fourth-order valence-electron chi connectivity index (χ4n) is 5.34. The maximum Gasteiger partial charge on any atom is 0.347 e. The topological polar surface area (TPSA) is 158 Å². The summed E-state index contributed by atoms with van der Waals surface area (Å²) >= 11 is 0. The second-order valence-corrected chi connectivity index (χ2v) is 13.0. The fraction of sp³-hybridized carbons (Fsp3) is 0.643. The molecule has 2 saturated carbocycles. The quantitative estimate of drug-likeness (QED) is 0.256. The lowest BCUT2D eigenvalue weighted by molar-refractivity contribution is -0.131. The van der Waals surface area contributed by atoms with Crippen LogP contribution in [0, 0.1) is 11.8 Å². The van der Waals surface area contributed by atoms with Crippen LogP contribution in [0.1, 0.15) is 83.6 Å². The van der Waals surface area contributed by atoms with Crippen LogP contribution in [-0.4, -0.2) is 44.5 Å². The average Bonchev–Trinajstić information content (AvgIpc) is 3.54. The van der Waals surface area contributed by atoms with Gasteiger partial charge in [0.1, 0.15) is 11.8 Å². The minimum Gasteiger partial charge on any atom is -0.361 e. The molecule has 10 heteroatoms. The minimum absolute atomic E-state index is 0.0228. The van der Waals surface area contributed by atoms with Crippen molar-refractivity contribution in [3.8, 4) is 0 Å². The van der Waals surface area contributed by atoms with Crippen molar-refractivity contribution in [2.75, 3.05) is 0 Å². The lowest BCUT2D eigenvalue weighted by atomic mass is 9.97. The number of amides is 2. The normalized spacial score (nSPS) is 18.6. The van der Waals surface area contributed by atoms with Crippen molar-refractivity contribution in [1.82, 2.24) is 15.6 Å². The van der Waals surface area contributed by atoms with E-state index in [-0.39, 0.29) is 24.2 Å². The molecule has 212 valence electrons. The first-order valence-corrected chi connectivity index (χ1v) is 15.7. The Morgan fingerprint density at radius 2 is 1.66 bits per heavy atom. The van der Waals surface area contributed by atoms with Crippen LogP contribution in [-0.2, 0) is 20.6 Å². The van der Waals surface area contributed by atoms with Gasteiger partial charge in [-0.05, 0) is 49.7 Å². The van der Waals surface area contributed by atoms with Gasteiger partial charge in [0.25, 0.3) is 0 Å². The number of hydrogen-bond donors (Lipinski definition) is 6. The predicted octanol–water partition coefficient (Wildman–Crippen LogP) is 4.33. The monoisotopic (exact) mass is 548 g/mol. The number of para-hydroxylation sites is 1. The van der Waals surface area contributed by atoms with E-state index in [1.54, 1.807) is 6.20 Å². The Morgan fingerprint density at radius 3 is 2.24 bits per heavy atom. The van der Waals surface area contributed by atoms with E-state index in [2.05, 4.69) is 15.6 Å². The number of hydrogen-bond acceptors (Lipinski definition) is 4. The molecule has 1 heterocycles. The third kappa shape index (κ3) is 9.23. The Labute approximate surface area is 225 Å². The summed E-state index contributed by atoms with van der Waals surface area (Å²) < 4.78 is 12.2. The van der Waals surface area contributed by atoms with E-state index in [1.807, 2.05) is 38.1 Å². The molecule has 0 bridgehead atoms. The number of aromatic nitrogens is 1. The Hall–Kier alpha value is -2.19. The molecule has 2 aliphatic carbocycles. The lowest BCUT2D eigenvalue weighted by Crippen LogP contribution is -2.51. The van der Waals surface area contributed by atoms with Crippen molar-refractivity contribution in [3.63, 3.8) is 0 Å². The smallest absolute Gasteiger partial charge is 0.347 e. The van der Waals surface area contributed by atoms with Gasteiger partial charge < -0.3 is 31.1 Å².